The Morgan fingerprint density at radius 3 is 2.61 bits per heavy atom. The van der Waals surface area contributed by atoms with Crippen molar-refractivity contribution >= 4 is 29.1 Å². The smallest absolute Gasteiger partial charge is 0.341 e. The number of fused-ring (bicyclic) bond motifs is 1. The summed E-state index contributed by atoms with van der Waals surface area (Å²) in [6.45, 7) is 2.66. The number of alkyl halides is 3. The van der Waals surface area contributed by atoms with E-state index in [1.54, 1.807) is 25.1 Å². The first-order valence-corrected chi connectivity index (χ1v) is 10.2. The molecule has 2 aromatic carbocycles. The monoisotopic (exact) mass is 456 g/mol. The van der Waals surface area contributed by atoms with Crippen molar-refractivity contribution in [3.05, 3.63) is 63.9 Å². The van der Waals surface area contributed by atoms with E-state index in [1.165, 1.54) is 18.2 Å². The molecule has 0 saturated heterocycles. The van der Waals surface area contributed by atoms with E-state index in [0.29, 0.717) is 11.1 Å². The van der Waals surface area contributed by atoms with Crippen LogP contribution in [-0.2, 0) is 4.79 Å². The van der Waals surface area contributed by atoms with Gasteiger partial charge in [-0.15, -0.1) is 0 Å². The minimum atomic E-state index is -4.40. The van der Waals surface area contributed by atoms with Crippen LogP contribution in [0.2, 0.25) is 5.02 Å². The van der Waals surface area contributed by atoms with Gasteiger partial charge in [-0.25, -0.2) is 4.39 Å². The van der Waals surface area contributed by atoms with Gasteiger partial charge in [-0.3, -0.25) is 9.59 Å². The van der Waals surface area contributed by atoms with E-state index in [0.717, 1.165) is 6.92 Å². The van der Waals surface area contributed by atoms with Crippen LogP contribution >= 0.6 is 11.6 Å². The maximum Gasteiger partial charge on any atom is 0.391 e. The van der Waals surface area contributed by atoms with Crippen molar-refractivity contribution in [1.82, 2.24) is 5.32 Å². The van der Waals surface area contributed by atoms with E-state index < -0.39 is 41.7 Å². The van der Waals surface area contributed by atoms with Crippen LogP contribution in [-0.4, -0.2) is 18.0 Å². The van der Waals surface area contributed by atoms with Crippen LogP contribution in [0.4, 0.5) is 23.2 Å². The number of anilines is 1. The van der Waals surface area contributed by atoms with Gasteiger partial charge in [0.2, 0.25) is 5.91 Å². The van der Waals surface area contributed by atoms with Crippen molar-refractivity contribution in [3.8, 4) is 0 Å². The fourth-order valence-corrected chi connectivity index (χ4v) is 4.04. The molecule has 3 atom stereocenters. The lowest BCUT2D eigenvalue weighted by Gasteiger charge is -2.25. The number of nitrogens with one attached hydrogen (secondary N) is 2. The molecule has 2 aromatic rings. The van der Waals surface area contributed by atoms with Crippen molar-refractivity contribution in [3.63, 3.8) is 0 Å². The van der Waals surface area contributed by atoms with Gasteiger partial charge in [0.05, 0.1) is 12.0 Å². The average Bonchev–Trinajstić information content (AvgIpc) is 3.04. The molecule has 0 saturated carbocycles. The highest BCUT2D eigenvalue weighted by Crippen LogP contribution is 2.40. The number of hydrogen-bond acceptors (Lipinski definition) is 2. The lowest BCUT2D eigenvalue weighted by atomic mass is 9.87. The molecule has 4 nitrogen and oxygen atoms in total. The molecule has 1 aliphatic rings. The summed E-state index contributed by atoms with van der Waals surface area (Å²) < 4.78 is 53.0. The Morgan fingerprint density at radius 2 is 1.97 bits per heavy atom. The van der Waals surface area contributed by atoms with Gasteiger partial charge < -0.3 is 10.6 Å². The highest BCUT2D eigenvalue weighted by atomic mass is 35.5. The van der Waals surface area contributed by atoms with E-state index >= 15 is 0 Å². The second kappa shape index (κ2) is 8.86. The molecular weight excluding hydrogens is 436 g/mol. The van der Waals surface area contributed by atoms with E-state index in [1.807, 2.05) is 0 Å². The molecule has 0 unspecified atom stereocenters. The lowest BCUT2D eigenvalue weighted by molar-refractivity contribution is -0.184. The normalized spacial score (nSPS) is 17.6. The van der Waals surface area contributed by atoms with Crippen LogP contribution in [0.3, 0.4) is 0 Å². The first-order chi connectivity index (χ1) is 14.5. The molecular formula is C22H21ClF4N2O2. The van der Waals surface area contributed by atoms with Crippen LogP contribution in [0.25, 0.3) is 0 Å². The van der Waals surface area contributed by atoms with E-state index in [-0.39, 0.29) is 29.1 Å². The highest BCUT2D eigenvalue weighted by molar-refractivity contribution is 6.31. The Bertz CT molecular complexity index is 1010. The van der Waals surface area contributed by atoms with Crippen molar-refractivity contribution < 1.29 is 27.2 Å². The van der Waals surface area contributed by atoms with Crippen LogP contribution in [0.5, 0.6) is 0 Å². The number of carbonyl (C=O) groups excluding carboxylic acids is 2. The summed E-state index contributed by atoms with van der Waals surface area (Å²) in [6, 6.07) is 7.59. The Balaban J connectivity index is 1.90. The number of amides is 2. The first kappa shape index (κ1) is 23.1. The minimum absolute atomic E-state index is 0.183. The summed E-state index contributed by atoms with van der Waals surface area (Å²) in [5.74, 6) is -4.08. The third kappa shape index (κ3) is 4.84. The maximum atomic E-state index is 13.8. The molecule has 3 rings (SSSR count). The second-order valence-electron chi connectivity index (χ2n) is 7.59. The fourth-order valence-electron chi connectivity index (χ4n) is 3.81. The van der Waals surface area contributed by atoms with Gasteiger partial charge in [-0.2, -0.15) is 13.2 Å². The molecule has 31 heavy (non-hydrogen) atoms. The van der Waals surface area contributed by atoms with Gasteiger partial charge in [-0.1, -0.05) is 37.9 Å². The molecule has 0 radical (unpaired) electrons. The Labute approximate surface area is 182 Å². The van der Waals surface area contributed by atoms with E-state index in [9.17, 15) is 27.2 Å². The third-order valence-electron chi connectivity index (χ3n) is 5.65. The second-order valence-corrected chi connectivity index (χ2v) is 8.00. The molecule has 0 aliphatic carbocycles. The molecule has 166 valence electrons. The summed E-state index contributed by atoms with van der Waals surface area (Å²) >= 11 is 6.20. The molecule has 0 fully saturated rings. The Hall–Kier alpha value is -2.61. The zero-order valence-corrected chi connectivity index (χ0v) is 17.6. The van der Waals surface area contributed by atoms with E-state index in [4.69, 9.17) is 11.6 Å². The molecule has 2 amide bonds. The van der Waals surface area contributed by atoms with Gasteiger partial charge in [0.1, 0.15) is 5.82 Å². The minimum Gasteiger partial charge on any atom is -0.341 e. The average molecular weight is 457 g/mol. The molecule has 1 aliphatic heterocycles. The molecule has 1 heterocycles. The number of benzene rings is 2. The maximum absolute atomic E-state index is 13.8. The number of halogens is 5. The SMILES string of the molecule is CC[C@@H](CC(=O)Nc1cccc2c1[C@H](c1cc(F)ccc1Cl)NC2=O)[C@H](C)C(F)(F)F. The lowest BCUT2D eigenvalue weighted by Crippen LogP contribution is -2.30. The number of carbonyl (C=O) groups is 2. The van der Waals surface area contributed by atoms with Gasteiger partial charge in [0.25, 0.3) is 5.91 Å². The summed E-state index contributed by atoms with van der Waals surface area (Å²) in [5.41, 5.74) is 1.25. The fraction of sp³-hybridized carbons (Fsp3) is 0.364. The summed E-state index contributed by atoms with van der Waals surface area (Å²) in [6.07, 6.45) is -4.54. The van der Waals surface area contributed by atoms with Crippen molar-refractivity contribution in [2.75, 3.05) is 5.32 Å². The Morgan fingerprint density at radius 1 is 1.26 bits per heavy atom. The van der Waals surface area contributed by atoms with Crippen molar-refractivity contribution in [2.24, 2.45) is 11.8 Å². The predicted molar refractivity (Wildman–Crippen MR) is 109 cm³/mol. The largest absolute Gasteiger partial charge is 0.391 e. The predicted octanol–water partition coefficient (Wildman–Crippen LogP) is 5.87. The standard InChI is InChI=1S/C22H21ClF4N2O2/c1-3-12(11(2)22(25,26)27)9-18(30)28-17-6-4-5-14-19(17)20(29-21(14)31)15-10-13(24)7-8-16(15)23/h4-8,10-12,20H,3,9H2,1-2H3,(H,28,30)(H,29,31)/t11-,12-,20-/m0/s1. The zero-order valence-electron chi connectivity index (χ0n) is 16.8. The molecule has 9 heteroatoms. The van der Waals surface area contributed by atoms with Gasteiger partial charge in [0, 0.05) is 33.8 Å². The van der Waals surface area contributed by atoms with Crippen LogP contribution < -0.4 is 10.6 Å². The highest BCUT2D eigenvalue weighted by Gasteiger charge is 2.41. The third-order valence-corrected chi connectivity index (χ3v) is 6.00. The van der Waals surface area contributed by atoms with E-state index in [2.05, 4.69) is 10.6 Å². The van der Waals surface area contributed by atoms with Crippen LogP contribution in [0.1, 0.15) is 54.2 Å². The van der Waals surface area contributed by atoms with Gasteiger partial charge in [-0.05, 0) is 36.2 Å². The number of hydrogen-bond donors (Lipinski definition) is 2. The summed E-state index contributed by atoms with van der Waals surface area (Å²) in [4.78, 5) is 25.0. The van der Waals surface area contributed by atoms with Crippen molar-refractivity contribution in [1.29, 1.82) is 0 Å². The topological polar surface area (TPSA) is 58.2 Å². The van der Waals surface area contributed by atoms with Gasteiger partial charge >= 0.3 is 6.18 Å². The Kier molecular flexibility index (Phi) is 6.59. The molecule has 0 bridgehead atoms. The molecule has 2 N–H and O–H groups in total. The molecule has 0 aromatic heterocycles. The van der Waals surface area contributed by atoms with Gasteiger partial charge in [0.15, 0.2) is 0 Å². The summed E-state index contributed by atoms with van der Waals surface area (Å²) in [7, 11) is 0. The zero-order chi connectivity index (χ0) is 22.9. The molecule has 0 spiro atoms. The summed E-state index contributed by atoms with van der Waals surface area (Å²) in [5, 5.41) is 5.58. The first-order valence-electron chi connectivity index (χ1n) is 9.78. The van der Waals surface area contributed by atoms with Crippen LogP contribution in [0, 0.1) is 17.7 Å². The number of rotatable bonds is 6. The van der Waals surface area contributed by atoms with Crippen molar-refractivity contribution in [2.45, 2.75) is 38.9 Å². The quantitative estimate of drug-likeness (QED) is 0.534. The van der Waals surface area contributed by atoms with Crippen LogP contribution in [0.15, 0.2) is 36.4 Å².